The minimum absolute atomic E-state index is 0.362. The van der Waals surface area contributed by atoms with E-state index in [9.17, 15) is 0 Å². The summed E-state index contributed by atoms with van der Waals surface area (Å²) in [7, 11) is 0. The Morgan fingerprint density at radius 1 is 1.38 bits per heavy atom. The van der Waals surface area contributed by atoms with Crippen molar-refractivity contribution in [1.29, 1.82) is 0 Å². The van der Waals surface area contributed by atoms with Gasteiger partial charge in [-0.2, -0.15) is 0 Å². The van der Waals surface area contributed by atoms with E-state index in [0.29, 0.717) is 6.04 Å². The Bertz CT molecular complexity index is 302. The van der Waals surface area contributed by atoms with Crippen LogP contribution >= 0.6 is 0 Å². The lowest BCUT2D eigenvalue weighted by molar-refractivity contribution is 0.167. The molecule has 0 amide bonds. The summed E-state index contributed by atoms with van der Waals surface area (Å²) >= 11 is 0. The predicted octanol–water partition coefficient (Wildman–Crippen LogP) is 1.29. The average molecular weight is 219 g/mol. The van der Waals surface area contributed by atoms with Crippen LogP contribution in [0.2, 0.25) is 0 Å². The number of nitrogens with zero attached hydrogens (tertiary/aromatic N) is 2. The predicted molar refractivity (Wildman–Crippen MR) is 66.1 cm³/mol. The van der Waals surface area contributed by atoms with Crippen molar-refractivity contribution in [2.75, 3.05) is 19.6 Å². The molecule has 1 saturated heterocycles. The Labute approximate surface area is 97.7 Å². The van der Waals surface area contributed by atoms with E-state index in [1.165, 1.54) is 18.5 Å². The molecule has 3 nitrogen and oxygen atoms in total. The Kier molecular flexibility index (Phi) is 3.91. The molecule has 0 bridgehead atoms. The van der Waals surface area contributed by atoms with Gasteiger partial charge in [0.1, 0.15) is 0 Å². The highest BCUT2D eigenvalue weighted by molar-refractivity contribution is 5.10. The number of aromatic nitrogens is 1. The minimum Gasteiger partial charge on any atom is -0.327 e. The summed E-state index contributed by atoms with van der Waals surface area (Å²) in [6.45, 7) is 5.65. The Hall–Kier alpha value is -0.930. The highest BCUT2D eigenvalue weighted by atomic mass is 15.1. The second kappa shape index (κ2) is 5.41. The Morgan fingerprint density at radius 3 is 2.81 bits per heavy atom. The quantitative estimate of drug-likeness (QED) is 0.833. The third kappa shape index (κ3) is 3.29. The molecule has 2 unspecified atom stereocenters. The number of piperidine rings is 1. The minimum atomic E-state index is 0.362. The van der Waals surface area contributed by atoms with Crippen LogP contribution < -0.4 is 5.73 Å². The molecule has 1 aromatic rings. The smallest absolute Gasteiger partial charge is 0.0270 e. The maximum absolute atomic E-state index is 6.03. The lowest BCUT2D eigenvalue weighted by Crippen LogP contribution is -2.46. The van der Waals surface area contributed by atoms with Gasteiger partial charge >= 0.3 is 0 Å². The molecule has 2 rings (SSSR count). The van der Waals surface area contributed by atoms with Crippen LogP contribution in [0.3, 0.4) is 0 Å². The fraction of sp³-hybridized carbons (Fsp3) is 0.615. The molecule has 0 aromatic carbocycles. The number of hydrogen-bond donors (Lipinski definition) is 1. The van der Waals surface area contributed by atoms with Crippen molar-refractivity contribution in [1.82, 2.24) is 9.88 Å². The average Bonchev–Trinajstić information content (AvgIpc) is 2.27. The largest absolute Gasteiger partial charge is 0.327 e. The zero-order valence-electron chi connectivity index (χ0n) is 9.97. The molecule has 2 N–H and O–H groups in total. The van der Waals surface area contributed by atoms with Gasteiger partial charge in [-0.05, 0) is 36.5 Å². The SMILES string of the molecule is CC1CC(N)CN(CCc2ccncc2)C1. The Morgan fingerprint density at radius 2 is 2.12 bits per heavy atom. The fourth-order valence-electron chi connectivity index (χ4n) is 2.53. The van der Waals surface area contributed by atoms with Gasteiger partial charge in [-0.3, -0.25) is 4.98 Å². The van der Waals surface area contributed by atoms with E-state index >= 15 is 0 Å². The summed E-state index contributed by atoms with van der Waals surface area (Å²) in [5.41, 5.74) is 7.40. The van der Waals surface area contributed by atoms with E-state index in [4.69, 9.17) is 5.73 Å². The second-order valence-corrected chi connectivity index (χ2v) is 4.97. The summed E-state index contributed by atoms with van der Waals surface area (Å²) in [4.78, 5) is 6.52. The monoisotopic (exact) mass is 219 g/mol. The van der Waals surface area contributed by atoms with Gasteiger partial charge in [0.2, 0.25) is 0 Å². The molecule has 0 aliphatic carbocycles. The number of rotatable bonds is 3. The summed E-state index contributed by atoms with van der Waals surface area (Å²) in [6, 6.07) is 4.54. The molecular weight excluding hydrogens is 198 g/mol. The van der Waals surface area contributed by atoms with Crippen molar-refractivity contribution in [2.45, 2.75) is 25.8 Å². The van der Waals surface area contributed by atoms with Crippen LogP contribution in [-0.2, 0) is 6.42 Å². The summed E-state index contributed by atoms with van der Waals surface area (Å²) in [5, 5.41) is 0. The van der Waals surface area contributed by atoms with Gasteiger partial charge in [-0.1, -0.05) is 6.92 Å². The molecule has 1 aliphatic heterocycles. The van der Waals surface area contributed by atoms with Crippen LogP contribution in [0.15, 0.2) is 24.5 Å². The fourth-order valence-corrected chi connectivity index (χ4v) is 2.53. The van der Waals surface area contributed by atoms with Crippen LogP contribution in [0, 0.1) is 5.92 Å². The van der Waals surface area contributed by atoms with E-state index in [2.05, 4.69) is 28.9 Å². The standard InChI is InChI=1S/C13H21N3/c1-11-8-13(14)10-16(9-11)7-4-12-2-5-15-6-3-12/h2-3,5-6,11,13H,4,7-10,14H2,1H3. The molecule has 2 atom stereocenters. The second-order valence-electron chi connectivity index (χ2n) is 4.97. The zero-order valence-corrected chi connectivity index (χ0v) is 9.97. The van der Waals surface area contributed by atoms with Crippen LogP contribution in [-0.4, -0.2) is 35.6 Å². The Balaban J connectivity index is 1.81. The van der Waals surface area contributed by atoms with Crippen LogP contribution in [0.25, 0.3) is 0 Å². The maximum Gasteiger partial charge on any atom is 0.0270 e. The van der Waals surface area contributed by atoms with Crippen molar-refractivity contribution in [3.63, 3.8) is 0 Å². The zero-order chi connectivity index (χ0) is 11.4. The van der Waals surface area contributed by atoms with Crippen molar-refractivity contribution < 1.29 is 0 Å². The van der Waals surface area contributed by atoms with Crippen molar-refractivity contribution in [2.24, 2.45) is 11.7 Å². The first-order valence-electron chi connectivity index (χ1n) is 6.11. The summed E-state index contributed by atoms with van der Waals surface area (Å²) < 4.78 is 0. The molecule has 1 aromatic heterocycles. The first-order valence-corrected chi connectivity index (χ1v) is 6.11. The maximum atomic E-state index is 6.03. The number of hydrogen-bond acceptors (Lipinski definition) is 3. The third-order valence-electron chi connectivity index (χ3n) is 3.23. The first kappa shape index (κ1) is 11.6. The molecule has 1 aliphatic rings. The molecule has 0 radical (unpaired) electrons. The third-order valence-corrected chi connectivity index (χ3v) is 3.23. The summed E-state index contributed by atoms with van der Waals surface area (Å²) in [6.07, 6.45) is 5.99. The van der Waals surface area contributed by atoms with E-state index in [0.717, 1.165) is 25.4 Å². The van der Waals surface area contributed by atoms with Crippen molar-refractivity contribution in [3.05, 3.63) is 30.1 Å². The molecule has 16 heavy (non-hydrogen) atoms. The highest BCUT2D eigenvalue weighted by Gasteiger charge is 2.21. The first-order chi connectivity index (χ1) is 7.74. The van der Waals surface area contributed by atoms with E-state index in [1.807, 2.05) is 12.4 Å². The van der Waals surface area contributed by atoms with Gasteiger partial charge in [0.15, 0.2) is 0 Å². The normalized spacial score (nSPS) is 26.9. The molecular formula is C13H21N3. The van der Waals surface area contributed by atoms with E-state index in [1.54, 1.807) is 0 Å². The topological polar surface area (TPSA) is 42.1 Å². The van der Waals surface area contributed by atoms with Gasteiger partial charge in [0.05, 0.1) is 0 Å². The van der Waals surface area contributed by atoms with Crippen LogP contribution in [0.4, 0.5) is 0 Å². The molecule has 2 heterocycles. The number of likely N-dealkylation sites (tertiary alicyclic amines) is 1. The molecule has 0 spiro atoms. The van der Waals surface area contributed by atoms with Crippen LogP contribution in [0.5, 0.6) is 0 Å². The van der Waals surface area contributed by atoms with Gasteiger partial charge in [0, 0.05) is 38.1 Å². The number of nitrogens with two attached hydrogens (primary N) is 1. The van der Waals surface area contributed by atoms with Gasteiger partial charge in [-0.15, -0.1) is 0 Å². The van der Waals surface area contributed by atoms with Crippen LogP contribution in [0.1, 0.15) is 18.9 Å². The van der Waals surface area contributed by atoms with Crippen molar-refractivity contribution in [3.8, 4) is 0 Å². The van der Waals surface area contributed by atoms with E-state index < -0.39 is 0 Å². The lowest BCUT2D eigenvalue weighted by Gasteiger charge is -2.34. The molecule has 0 saturated carbocycles. The van der Waals surface area contributed by atoms with Gasteiger partial charge in [0.25, 0.3) is 0 Å². The van der Waals surface area contributed by atoms with E-state index in [-0.39, 0.29) is 0 Å². The molecule has 1 fully saturated rings. The molecule has 88 valence electrons. The summed E-state index contributed by atoms with van der Waals surface area (Å²) in [5.74, 6) is 0.737. The highest BCUT2D eigenvalue weighted by Crippen LogP contribution is 2.15. The number of pyridine rings is 1. The van der Waals surface area contributed by atoms with Gasteiger partial charge in [-0.25, -0.2) is 0 Å². The lowest BCUT2D eigenvalue weighted by atomic mass is 9.96. The van der Waals surface area contributed by atoms with Gasteiger partial charge < -0.3 is 10.6 Å². The molecule has 3 heteroatoms. The van der Waals surface area contributed by atoms with Crippen molar-refractivity contribution >= 4 is 0 Å².